The number of hydrogen-bond acceptors (Lipinski definition) is 6. The molecule has 1 heterocycles. The summed E-state index contributed by atoms with van der Waals surface area (Å²) in [6.45, 7) is 4.19. The van der Waals surface area contributed by atoms with Crippen molar-refractivity contribution in [1.29, 1.82) is 0 Å². The van der Waals surface area contributed by atoms with Crippen LogP contribution in [0, 0.1) is 5.92 Å². The molecular formula is C15H17N3O3S. The lowest BCUT2D eigenvalue weighted by Crippen LogP contribution is -2.13. The molecule has 6 nitrogen and oxygen atoms in total. The van der Waals surface area contributed by atoms with Crippen LogP contribution in [-0.2, 0) is 11.2 Å². The Balaban J connectivity index is 2.09. The minimum Gasteiger partial charge on any atom is -0.465 e. The predicted molar refractivity (Wildman–Crippen MR) is 84.2 cm³/mol. The molecule has 0 aliphatic heterocycles. The van der Waals surface area contributed by atoms with Gasteiger partial charge in [0.15, 0.2) is 0 Å². The number of nitrogens with one attached hydrogen (secondary N) is 1. The molecule has 1 amide bonds. The average Bonchev–Trinajstić information content (AvgIpc) is 2.92. The number of methoxy groups -OCH3 is 1. The van der Waals surface area contributed by atoms with Crippen LogP contribution in [0.4, 0.5) is 5.13 Å². The molecule has 0 aliphatic rings. The molecule has 0 aliphatic carbocycles. The van der Waals surface area contributed by atoms with Crippen LogP contribution in [0.2, 0.25) is 0 Å². The maximum absolute atomic E-state index is 12.2. The molecule has 0 saturated heterocycles. The van der Waals surface area contributed by atoms with Gasteiger partial charge in [-0.15, -0.1) is 10.2 Å². The predicted octanol–water partition coefficient (Wildman–Crippen LogP) is 2.78. The maximum Gasteiger partial charge on any atom is 0.337 e. The minimum atomic E-state index is -0.482. The first kappa shape index (κ1) is 16.1. The van der Waals surface area contributed by atoms with E-state index < -0.39 is 5.97 Å². The van der Waals surface area contributed by atoms with Gasteiger partial charge in [-0.3, -0.25) is 10.1 Å². The lowest BCUT2D eigenvalue weighted by Gasteiger charge is -2.03. The van der Waals surface area contributed by atoms with Gasteiger partial charge in [-0.05, 0) is 24.1 Å². The SMILES string of the molecule is COC(=O)c1cccc(C(=O)Nc2nnc(CC(C)C)s2)c1. The molecule has 0 atom stereocenters. The molecule has 1 N–H and O–H groups in total. The van der Waals surface area contributed by atoms with Gasteiger partial charge in [0.05, 0.1) is 12.7 Å². The average molecular weight is 319 g/mol. The third kappa shape index (κ3) is 4.11. The maximum atomic E-state index is 12.2. The van der Waals surface area contributed by atoms with Crippen LogP contribution < -0.4 is 5.32 Å². The van der Waals surface area contributed by atoms with Crippen molar-refractivity contribution in [1.82, 2.24) is 10.2 Å². The van der Waals surface area contributed by atoms with Crippen LogP contribution in [0.1, 0.15) is 39.6 Å². The Morgan fingerprint density at radius 3 is 2.68 bits per heavy atom. The fraction of sp³-hybridized carbons (Fsp3) is 0.333. The number of rotatable bonds is 5. The van der Waals surface area contributed by atoms with Gasteiger partial charge in [-0.2, -0.15) is 0 Å². The molecular weight excluding hydrogens is 302 g/mol. The van der Waals surface area contributed by atoms with E-state index in [1.807, 2.05) is 0 Å². The van der Waals surface area contributed by atoms with E-state index in [4.69, 9.17) is 0 Å². The smallest absolute Gasteiger partial charge is 0.337 e. The highest BCUT2D eigenvalue weighted by atomic mass is 32.1. The molecule has 0 unspecified atom stereocenters. The highest BCUT2D eigenvalue weighted by molar-refractivity contribution is 7.15. The highest BCUT2D eigenvalue weighted by Crippen LogP contribution is 2.19. The van der Waals surface area contributed by atoms with E-state index >= 15 is 0 Å². The number of esters is 1. The molecule has 7 heteroatoms. The second-order valence-electron chi connectivity index (χ2n) is 5.13. The van der Waals surface area contributed by atoms with E-state index in [2.05, 4.69) is 34.1 Å². The molecule has 116 valence electrons. The number of nitrogens with zero attached hydrogens (tertiary/aromatic N) is 2. The van der Waals surface area contributed by atoms with Crippen molar-refractivity contribution in [2.24, 2.45) is 5.92 Å². The number of hydrogen-bond donors (Lipinski definition) is 1. The number of anilines is 1. The third-order valence-corrected chi connectivity index (χ3v) is 3.68. The summed E-state index contributed by atoms with van der Waals surface area (Å²) in [7, 11) is 1.30. The summed E-state index contributed by atoms with van der Waals surface area (Å²) < 4.78 is 4.64. The van der Waals surface area contributed by atoms with Gasteiger partial charge in [-0.1, -0.05) is 31.3 Å². The fourth-order valence-electron chi connectivity index (χ4n) is 1.81. The van der Waals surface area contributed by atoms with Crippen LogP contribution in [-0.4, -0.2) is 29.2 Å². The van der Waals surface area contributed by atoms with Crippen molar-refractivity contribution in [3.8, 4) is 0 Å². The zero-order chi connectivity index (χ0) is 16.1. The Morgan fingerprint density at radius 1 is 1.27 bits per heavy atom. The number of carbonyl (C=O) groups excluding carboxylic acids is 2. The van der Waals surface area contributed by atoms with Crippen molar-refractivity contribution in [2.75, 3.05) is 12.4 Å². The second-order valence-corrected chi connectivity index (χ2v) is 6.19. The summed E-state index contributed by atoms with van der Waals surface area (Å²) in [6.07, 6.45) is 0.825. The van der Waals surface area contributed by atoms with Gasteiger partial charge in [0.1, 0.15) is 5.01 Å². The number of carbonyl (C=O) groups is 2. The molecule has 2 rings (SSSR count). The van der Waals surface area contributed by atoms with Crippen molar-refractivity contribution in [3.05, 3.63) is 40.4 Å². The Hall–Kier alpha value is -2.28. The molecule has 0 radical (unpaired) electrons. The summed E-state index contributed by atoms with van der Waals surface area (Å²) in [5.41, 5.74) is 0.691. The molecule has 1 aromatic heterocycles. The normalized spacial score (nSPS) is 10.5. The van der Waals surface area contributed by atoms with Gasteiger partial charge < -0.3 is 4.74 Å². The minimum absolute atomic E-state index is 0.327. The van der Waals surface area contributed by atoms with E-state index in [1.54, 1.807) is 18.2 Å². The first-order valence-electron chi connectivity index (χ1n) is 6.81. The number of aromatic nitrogens is 2. The second kappa shape index (κ2) is 7.13. The molecule has 0 spiro atoms. The first-order chi connectivity index (χ1) is 10.5. The van der Waals surface area contributed by atoms with Crippen LogP contribution in [0.15, 0.2) is 24.3 Å². The monoisotopic (exact) mass is 319 g/mol. The Labute approximate surface area is 132 Å². The molecule has 2 aromatic rings. The number of benzene rings is 1. The van der Waals surface area contributed by atoms with Crippen molar-refractivity contribution >= 4 is 28.3 Å². The van der Waals surface area contributed by atoms with E-state index in [-0.39, 0.29) is 5.91 Å². The lowest BCUT2D eigenvalue weighted by atomic mass is 10.1. The lowest BCUT2D eigenvalue weighted by molar-refractivity contribution is 0.0600. The van der Waals surface area contributed by atoms with E-state index in [0.29, 0.717) is 22.2 Å². The molecule has 0 saturated carbocycles. The highest BCUT2D eigenvalue weighted by Gasteiger charge is 2.13. The van der Waals surface area contributed by atoms with Crippen LogP contribution in [0.3, 0.4) is 0 Å². The summed E-state index contributed by atoms with van der Waals surface area (Å²) >= 11 is 1.35. The van der Waals surface area contributed by atoms with Gasteiger partial charge in [0.25, 0.3) is 5.91 Å². The molecule has 1 aromatic carbocycles. The summed E-state index contributed by atoms with van der Waals surface area (Å²) in [6, 6.07) is 6.33. The zero-order valence-corrected chi connectivity index (χ0v) is 13.4. The van der Waals surface area contributed by atoms with E-state index in [1.165, 1.54) is 24.5 Å². The number of ether oxygens (including phenoxy) is 1. The fourth-order valence-corrected chi connectivity index (χ4v) is 2.76. The van der Waals surface area contributed by atoms with Crippen molar-refractivity contribution in [3.63, 3.8) is 0 Å². The molecule has 0 bridgehead atoms. The Bertz CT molecular complexity index is 682. The largest absolute Gasteiger partial charge is 0.465 e. The Morgan fingerprint density at radius 2 is 2.00 bits per heavy atom. The molecule has 22 heavy (non-hydrogen) atoms. The Kier molecular flexibility index (Phi) is 5.21. The topological polar surface area (TPSA) is 81.2 Å². The number of amides is 1. The van der Waals surface area contributed by atoms with Gasteiger partial charge >= 0.3 is 5.97 Å². The van der Waals surface area contributed by atoms with E-state index in [0.717, 1.165) is 11.4 Å². The molecule has 0 fully saturated rings. The summed E-state index contributed by atoms with van der Waals surface area (Å²) in [5, 5.41) is 12.0. The quantitative estimate of drug-likeness (QED) is 0.857. The standard InChI is InChI=1S/C15H17N3O3S/c1-9(2)7-12-17-18-15(22-12)16-13(19)10-5-4-6-11(8-10)14(20)21-3/h4-6,8-9H,7H2,1-3H3,(H,16,18,19). The van der Waals surface area contributed by atoms with Crippen LogP contribution >= 0.6 is 11.3 Å². The first-order valence-corrected chi connectivity index (χ1v) is 7.63. The van der Waals surface area contributed by atoms with Gasteiger partial charge in [0, 0.05) is 12.0 Å². The third-order valence-electron chi connectivity index (χ3n) is 2.82. The van der Waals surface area contributed by atoms with E-state index in [9.17, 15) is 9.59 Å². The van der Waals surface area contributed by atoms with Gasteiger partial charge in [-0.25, -0.2) is 4.79 Å². The zero-order valence-electron chi connectivity index (χ0n) is 12.6. The van der Waals surface area contributed by atoms with Crippen LogP contribution in [0.5, 0.6) is 0 Å². The summed E-state index contributed by atoms with van der Waals surface area (Å²) in [4.78, 5) is 23.7. The van der Waals surface area contributed by atoms with Gasteiger partial charge in [0.2, 0.25) is 5.13 Å². The van der Waals surface area contributed by atoms with Crippen molar-refractivity contribution in [2.45, 2.75) is 20.3 Å². The van der Waals surface area contributed by atoms with Crippen molar-refractivity contribution < 1.29 is 14.3 Å². The summed E-state index contributed by atoms with van der Waals surface area (Å²) in [5.74, 6) is -0.337. The van der Waals surface area contributed by atoms with Crippen LogP contribution in [0.25, 0.3) is 0 Å².